The molecule has 5 heteroatoms. The minimum atomic E-state index is -0.421. The van der Waals surface area contributed by atoms with Gasteiger partial charge in [-0.2, -0.15) is 0 Å². The van der Waals surface area contributed by atoms with Gasteiger partial charge in [-0.3, -0.25) is 0 Å². The number of morpholine rings is 1. The molecule has 1 aromatic heterocycles. The predicted molar refractivity (Wildman–Crippen MR) is 78.7 cm³/mol. The Balaban J connectivity index is 1.85. The zero-order chi connectivity index (χ0) is 14.8. The second-order valence-corrected chi connectivity index (χ2v) is 5.38. The molecule has 2 aromatic rings. The Morgan fingerprint density at radius 3 is 2.67 bits per heavy atom. The quantitative estimate of drug-likeness (QED) is 0.851. The van der Waals surface area contributed by atoms with E-state index >= 15 is 0 Å². The van der Waals surface area contributed by atoms with Gasteiger partial charge in [0.25, 0.3) is 0 Å². The minimum Gasteiger partial charge on any atom is -0.370 e. The van der Waals surface area contributed by atoms with Crippen LogP contribution in [-0.4, -0.2) is 29.2 Å². The van der Waals surface area contributed by atoms with E-state index in [9.17, 15) is 4.39 Å². The van der Waals surface area contributed by atoms with Gasteiger partial charge in [0, 0.05) is 0 Å². The van der Waals surface area contributed by atoms with Crippen molar-refractivity contribution in [3.05, 3.63) is 53.6 Å². The first-order valence-corrected chi connectivity index (χ1v) is 7.06. The maximum absolute atomic E-state index is 13.0. The summed E-state index contributed by atoms with van der Waals surface area (Å²) < 4.78 is 18.9. The Hall–Kier alpha value is -2.01. The van der Waals surface area contributed by atoms with Crippen molar-refractivity contribution >= 4 is 5.95 Å². The van der Waals surface area contributed by atoms with Crippen LogP contribution in [0.3, 0.4) is 0 Å². The highest BCUT2D eigenvalue weighted by atomic mass is 19.1. The van der Waals surface area contributed by atoms with Crippen molar-refractivity contribution < 1.29 is 9.13 Å². The maximum Gasteiger partial charge on any atom is 0.225 e. The Kier molecular flexibility index (Phi) is 3.84. The molecule has 0 unspecified atom stereocenters. The van der Waals surface area contributed by atoms with Gasteiger partial charge in [0.2, 0.25) is 5.95 Å². The number of halogens is 1. The van der Waals surface area contributed by atoms with Gasteiger partial charge in [-0.1, -0.05) is 24.3 Å². The topological polar surface area (TPSA) is 38.2 Å². The van der Waals surface area contributed by atoms with Crippen LogP contribution in [0.2, 0.25) is 0 Å². The van der Waals surface area contributed by atoms with Crippen LogP contribution in [0, 0.1) is 12.7 Å². The van der Waals surface area contributed by atoms with E-state index in [1.54, 1.807) is 0 Å². The van der Waals surface area contributed by atoms with Crippen LogP contribution in [0.25, 0.3) is 0 Å². The number of hydrogen-bond donors (Lipinski definition) is 0. The van der Waals surface area contributed by atoms with Crippen molar-refractivity contribution in [3.8, 4) is 0 Å². The second-order valence-electron chi connectivity index (χ2n) is 5.38. The molecule has 0 spiro atoms. The lowest BCUT2D eigenvalue weighted by molar-refractivity contribution is 0.0205. The first-order valence-electron chi connectivity index (χ1n) is 7.06. The summed E-state index contributed by atoms with van der Waals surface area (Å²) in [7, 11) is 0. The molecule has 2 atom stereocenters. The van der Waals surface area contributed by atoms with E-state index in [0.29, 0.717) is 19.1 Å². The number of aromatic nitrogens is 2. The number of rotatable bonds is 2. The maximum atomic E-state index is 13.0. The van der Waals surface area contributed by atoms with Crippen molar-refractivity contribution in [1.29, 1.82) is 0 Å². The number of ether oxygens (including phenoxy) is 1. The summed E-state index contributed by atoms with van der Waals surface area (Å²) in [5.74, 6) is 0.126. The molecule has 0 amide bonds. The minimum absolute atomic E-state index is 0.0175. The molecule has 1 fully saturated rings. The zero-order valence-corrected chi connectivity index (χ0v) is 12.2. The molecule has 1 aliphatic heterocycles. The molecule has 4 nitrogen and oxygen atoms in total. The number of benzene rings is 1. The van der Waals surface area contributed by atoms with Gasteiger partial charge in [0.1, 0.15) is 6.10 Å². The van der Waals surface area contributed by atoms with Crippen LogP contribution in [0.15, 0.2) is 36.7 Å². The summed E-state index contributed by atoms with van der Waals surface area (Å²) in [6.07, 6.45) is 2.39. The van der Waals surface area contributed by atoms with Gasteiger partial charge in [-0.05, 0) is 25.0 Å². The van der Waals surface area contributed by atoms with Crippen LogP contribution >= 0.6 is 0 Å². The van der Waals surface area contributed by atoms with Gasteiger partial charge in [0.05, 0.1) is 31.6 Å². The standard InChI is InChI=1S/C16H18FN3O/c1-11-5-3-4-6-14(11)15-9-20(12(2)10-21-15)16-18-7-13(17)8-19-16/h3-8,12,15H,9-10H2,1-2H3/t12-,15+/m1/s1. The highest BCUT2D eigenvalue weighted by molar-refractivity contribution is 5.35. The summed E-state index contributed by atoms with van der Waals surface area (Å²) in [4.78, 5) is 10.2. The summed E-state index contributed by atoms with van der Waals surface area (Å²) in [6, 6.07) is 8.36. The highest BCUT2D eigenvalue weighted by Gasteiger charge is 2.29. The number of anilines is 1. The van der Waals surface area contributed by atoms with Crippen molar-refractivity contribution in [3.63, 3.8) is 0 Å². The van der Waals surface area contributed by atoms with E-state index in [4.69, 9.17) is 4.74 Å². The molecule has 0 saturated carbocycles. The molecule has 0 bridgehead atoms. The number of nitrogens with zero attached hydrogens (tertiary/aromatic N) is 3. The first-order chi connectivity index (χ1) is 10.1. The van der Waals surface area contributed by atoms with Gasteiger partial charge < -0.3 is 9.64 Å². The fourth-order valence-corrected chi connectivity index (χ4v) is 2.63. The average molecular weight is 287 g/mol. The van der Waals surface area contributed by atoms with Crippen molar-refractivity contribution in [2.24, 2.45) is 0 Å². The SMILES string of the molecule is Cc1ccccc1[C@@H]1CN(c2ncc(F)cn2)[C@H](C)CO1. The van der Waals surface area contributed by atoms with E-state index < -0.39 is 5.82 Å². The molecule has 0 radical (unpaired) electrons. The summed E-state index contributed by atoms with van der Waals surface area (Å²) in [5, 5.41) is 0. The van der Waals surface area contributed by atoms with Gasteiger partial charge >= 0.3 is 0 Å². The molecular formula is C16H18FN3O. The molecule has 1 aromatic carbocycles. The Bertz CT molecular complexity index is 617. The molecular weight excluding hydrogens is 269 g/mol. The predicted octanol–water partition coefficient (Wildman–Crippen LogP) is 2.89. The van der Waals surface area contributed by atoms with Gasteiger partial charge in [-0.15, -0.1) is 0 Å². The molecule has 0 aliphatic carbocycles. The molecule has 1 saturated heterocycles. The lowest BCUT2D eigenvalue weighted by atomic mass is 10.0. The average Bonchev–Trinajstić information content (AvgIpc) is 2.50. The van der Waals surface area contributed by atoms with Crippen LogP contribution < -0.4 is 4.90 Å². The molecule has 110 valence electrons. The Labute approximate surface area is 123 Å². The normalized spacial score (nSPS) is 22.3. The molecule has 1 aliphatic rings. The van der Waals surface area contributed by atoms with Crippen LogP contribution in [0.4, 0.5) is 10.3 Å². The van der Waals surface area contributed by atoms with Crippen molar-refractivity contribution in [2.45, 2.75) is 26.0 Å². The van der Waals surface area contributed by atoms with Crippen molar-refractivity contribution in [2.75, 3.05) is 18.1 Å². The Morgan fingerprint density at radius 1 is 1.24 bits per heavy atom. The molecule has 3 rings (SSSR count). The Morgan fingerprint density at radius 2 is 1.95 bits per heavy atom. The molecule has 0 N–H and O–H groups in total. The van der Waals surface area contributed by atoms with E-state index in [0.717, 1.165) is 0 Å². The molecule has 2 heterocycles. The van der Waals surface area contributed by atoms with E-state index in [2.05, 4.69) is 40.8 Å². The largest absolute Gasteiger partial charge is 0.370 e. The van der Waals surface area contributed by atoms with Crippen molar-refractivity contribution in [1.82, 2.24) is 9.97 Å². The number of aryl methyl sites for hydroxylation is 1. The van der Waals surface area contributed by atoms with Gasteiger partial charge in [-0.25, -0.2) is 14.4 Å². The fourth-order valence-electron chi connectivity index (χ4n) is 2.63. The monoisotopic (exact) mass is 287 g/mol. The van der Waals surface area contributed by atoms with E-state index in [1.165, 1.54) is 23.5 Å². The third-order valence-corrected chi connectivity index (χ3v) is 3.83. The summed E-state index contributed by atoms with van der Waals surface area (Å²) in [5.41, 5.74) is 2.38. The van der Waals surface area contributed by atoms with E-state index in [-0.39, 0.29) is 12.1 Å². The first kappa shape index (κ1) is 13.9. The fraction of sp³-hybridized carbons (Fsp3) is 0.375. The zero-order valence-electron chi connectivity index (χ0n) is 12.2. The van der Waals surface area contributed by atoms with Crippen LogP contribution in [-0.2, 0) is 4.74 Å². The summed E-state index contributed by atoms with van der Waals surface area (Å²) in [6.45, 7) is 5.40. The third-order valence-electron chi connectivity index (χ3n) is 3.83. The van der Waals surface area contributed by atoms with Gasteiger partial charge in [0.15, 0.2) is 5.82 Å². The highest BCUT2D eigenvalue weighted by Crippen LogP contribution is 2.28. The summed E-state index contributed by atoms with van der Waals surface area (Å²) >= 11 is 0. The lowest BCUT2D eigenvalue weighted by Gasteiger charge is -2.38. The number of hydrogen-bond acceptors (Lipinski definition) is 4. The third kappa shape index (κ3) is 2.88. The van der Waals surface area contributed by atoms with Crippen LogP contribution in [0.1, 0.15) is 24.2 Å². The van der Waals surface area contributed by atoms with Crippen LogP contribution in [0.5, 0.6) is 0 Å². The second kappa shape index (κ2) is 5.77. The smallest absolute Gasteiger partial charge is 0.225 e. The lowest BCUT2D eigenvalue weighted by Crippen LogP contribution is -2.46. The van der Waals surface area contributed by atoms with E-state index in [1.807, 2.05) is 12.1 Å². The molecule has 21 heavy (non-hydrogen) atoms.